The first-order chi connectivity index (χ1) is 3.47. The van der Waals surface area contributed by atoms with E-state index in [0.29, 0.717) is 12.2 Å². The number of hydrogen-bond donors (Lipinski definition) is 1. The third-order valence-corrected chi connectivity index (χ3v) is 1.64. The van der Waals surface area contributed by atoms with E-state index >= 15 is 0 Å². The van der Waals surface area contributed by atoms with Crippen molar-refractivity contribution in [3.05, 3.63) is 0 Å². The maximum Gasteiger partial charge on any atom is 0.0966 e. The minimum atomic E-state index is 0.591. The topological polar surface area (TPSA) is 24.6 Å². The Morgan fingerprint density at radius 1 is 1.43 bits per heavy atom. The maximum absolute atomic E-state index is 5.22. The highest BCUT2D eigenvalue weighted by molar-refractivity contribution is 4.90. The van der Waals surface area contributed by atoms with Gasteiger partial charge in [0.2, 0.25) is 0 Å². The molecule has 0 aliphatic carbocycles. The maximum atomic E-state index is 5.22. The Bertz CT molecular complexity index is 74.1. The van der Waals surface area contributed by atoms with Gasteiger partial charge in [-0.05, 0) is 13.0 Å². The van der Waals surface area contributed by atoms with Crippen molar-refractivity contribution in [1.29, 1.82) is 0 Å². The van der Waals surface area contributed by atoms with Crippen LogP contribution in [-0.2, 0) is 4.74 Å². The molecule has 2 rings (SSSR count). The van der Waals surface area contributed by atoms with Crippen molar-refractivity contribution in [3.63, 3.8) is 0 Å². The Morgan fingerprint density at radius 3 is 3.00 bits per heavy atom. The van der Waals surface area contributed by atoms with Gasteiger partial charge < -0.3 is 10.1 Å². The van der Waals surface area contributed by atoms with Crippen LogP contribution in [0.2, 0.25) is 0 Å². The summed E-state index contributed by atoms with van der Waals surface area (Å²) >= 11 is 0. The fourth-order valence-corrected chi connectivity index (χ4v) is 1.10. The van der Waals surface area contributed by atoms with Crippen LogP contribution in [0.3, 0.4) is 0 Å². The van der Waals surface area contributed by atoms with E-state index in [1.807, 2.05) is 0 Å². The minimum absolute atomic E-state index is 0.591. The quantitative estimate of drug-likeness (QED) is 0.423. The van der Waals surface area contributed by atoms with Crippen LogP contribution in [-0.4, -0.2) is 25.3 Å². The van der Waals surface area contributed by atoms with Crippen molar-refractivity contribution < 1.29 is 4.74 Å². The number of epoxide rings is 1. The number of hydrogen-bond acceptors (Lipinski definition) is 2. The van der Waals surface area contributed by atoms with E-state index in [9.17, 15) is 0 Å². The molecule has 2 nitrogen and oxygen atoms in total. The molecule has 0 saturated carbocycles. The summed E-state index contributed by atoms with van der Waals surface area (Å²) in [5.74, 6) is 0. The average Bonchev–Trinajstić information content (AvgIpc) is 2.41. The van der Waals surface area contributed by atoms with Crippen LogP contribution in [0.5, 0.6) is 0 Å². The predicted molar refractivity (Wildman–Crippen MR) is 26.1 cm³/mol. The van der Waals surface area contributed by atoms with Gasteiger partial charge in [0, 0.05) is 6.54 Å². The molecule has 2 fully saturated rings. The molecule has 40 valence electrons. The van der Waals surface area contributed by atoms with Gasteiger partial charge in [0.1, 0.15) is 0 Å². The van der Waals surface area contributed by atoms with Gasteiger partial charge in [-0.1, -0.05) is 0 Å². The number of nitrogens with one attached hydrogen (secondary N) is 1. The lowest BCUT2D eigenvalue weighted by Gasteiger charge is -2.03. The molecule has 2 heteroatoms. The van der Waals surface area contributed by atoms with Crippen molar-refractivity contribution in [2.75, 3.05) is 13.1 Å². The molecule has 2 atom stereocenters. The minimum Gasteiger partial charge on any atom is -0.368 e. The smallest absolute Gasteiger partial charge is 0.0966 e. The molecule has 0 aromatic carbocycles. The van der Waals surface area contributed by atoms with Gasteiger partial charge in [-0.2, -0.15) is 0 Å². The molecule has 0 bridgehead atoms. The lowest BCUT2D eigenvalue weighted by Crippen LogP contribution is -2.28. The van der Waals surface area contributed by atoms with Crippen molar-refractivity contribution in [2.45, 2.75) is 18.6 Å². The van der Waals surface area contributed by atoms with E-state index in [1.165, 1.54) is 6.42 Å². The van der Waals surface area contributed by atoms with Gasteiger partial charge in [0.15, 0.2) is 0 Å². The zero-order chi connectivity index (χ0) is 4.69. The van der Waals surface area contributed by atoms with Crippen LogP contribution in [0.1, 0.15) is 6.42 Å². The van der Waals surface area contributed by atoms with Crippen LogP contribution >= 0.6 is 0 Å². The Balaban J connectivity index is 1.95. The molecule has 0 aromatic heterocycles. The van der Waals surface area contributed by atoms with Crippen LogP contribution < -0.4 is 5.32 Å². The summed E-state index contributed by atoms with van der Waals surface area (Å²) < 4.78 is 5.22. The summed E-state index contributed by atoms with van der Waals surface area (Å²) in [5.41, 5.74) is 0. The van der Waals surface area contributed by atoms with Crippen molar-refractivity contribution >= 4 is 0 Å². The molecule has 0 radical (unpaired) electrons. The third kappa shape index (κ3) is 0.545. The summed E-state index contributed by atoms with van der Waals surface area (Å²) in [6.07, 6.45) is 2.46. The fourth-order valence-electron chi connectivity index (χ4n) is 1.10. The van der Waals surface area contributed by atoms with Crippen LogP contribution in [0.15, 0.2) is 0 Å². The molecule has 0 aromatic rings. The molecule has 0 spiro atoms. The number of piperidine rings is 1. The molecular weight excluding hydrogens is 90.1 g/mol. The highest BCUT2D eigenvalue weighted by Crippen LogP contribution is 2.26. The van der Waals surface area contributed by atoms with E-state index in [0.717, 1.165) is 13.1 Å². The second kappa shape index (κ2) is 1.20. The summed E-state index contributed by atoms with van der Waals surface area (Å²) in [6, 6.07) is 0. The first-order valence-corrected chi connectivity index (χ1v) is 2.83. The number of rotatable bonds is 0. The predicted octanol–water partition coefficient (Wildman–Crippen LogP) is -0.253. The van der Waals surface area contributed by atoms with Gasteiger partial charge in [-0.3, -0.25) is 0 Å². The normalized spacial score (nSPS) is 48.0. The van der Waals surface area contributed by atoms with E-state index < -0.39 is 0 Å². The molecule has 0 amide bonds. The Hall–Kier alpha value is -0.0800. The van der Waals surface area contributed by atoms with Crippen LogP contribution in [0.4, 0.5) is 0 Å². The fraction of sp³-hybridized carbons (Fsp3) is 1.00. The van der Waals surface area contributed by atoms with Crippen molar-refractivity contribution in [1.82, 2.24) is 5.32 Å². The lowest BCUT2D eigenvalue weighted by atomic mass is 10.2. The van der Waals surface area contributed by atoms with Gasteiger partial charge in [-0.25, -0.2) is 0 Å². The van der Waals surface area contributed by atoms with Gasteiger partial charge >= 0.3 is 0 Å². The summed E-state index contributed by atoms with van der Waals surface area (Å²) in [5, 5.41) is 3.25. The zero-order valence-corrected chi connectivity index (χ0v) is 4.18. The second-order valence-electron chi connectivity index (χ2n) is 2.21. The Kier molecular flexibility index (Phi) is 0.664. The second-order valence-corrected chi connectivity index (χ2v) is 2.21. The largest absolute Gasteiger partial charge is 0.368 e. The van der Waals surface area contributed by atoms with E-state index in [4.69, 9.17) is 4.74 Å². The number of fused-ring (bicyclic) bond motifs is 1. The third-order valence-electron chi connectivity index (χ3n) is 1.64. The standard InChI is InChI=1S/C5H9NO/c1-2-6-3-5-4(1)7-5/h4-6H,1-3H2. The monoisotopic (exact) mass is 99.1 g/mol. The Labute approximate surface area is 42.9 Å². The summed E-state index contributed by atoms with van der Waals surface area (Å²) in [4.78, 5) is 0. The van der Waals surface area contributed by atoms with Gasteiger partial charge in [0.25, 0.3) is 0 Å². The van der Waals surface area contributed by atoms with Crippen molar-refractivity contribution in [2.24, 2.45) is 0 Å². The number of ether oxygens (including phenoxy) is 1. The molecule has 2 unspecified atom stereocenters. The molecular formula is C5H9NO. The zero-order valence-electron chi connectivity index (χ0n) is 4.18. The molecule has 1 N–H and O–H groups in total. The average molecular weight is 99.1 g/mol. The summed E-state index contributed by atoms with van der Waals surface area (Å²) in [7, 11) is 0. The van der Waals surface area contributed by atoms with E-state index in [1.54, 1.807) is 0 Å². The molecule has 7 heavy (non-hydrogen) atoms. The molecule has 2 heterocycles. The lowest BCUT2D eigenvalue weighted by molar-refractivity contribution is 0.379. The van der Waals surface area contributed by atoms with E-state index in [2.05, 4.69) is 5.32 Å². The van der Waals surface area contributed by atoms with Gasteiger partial charge in [0.05, 0.1) is 12.2 Å². The SMILES string of the molecule is C1CC2OC2CN1. The van der Waals surface area contributed by atoms with Crippen LogP contribution in [0.25, 0.3) is 0 Å². The first kappa shape index (κ1) is 3.87. The molecule has 2 aliphatic rings. The van der Waals surface area contributed by atoms with Gasteiger partial charge in [-0.15, -0.1) is 0 Å². The highest BCUT2D eigenvalue weighted by Gasteiger charge is 2.39. The molecule has 2 aliphatic heterocycles. The van der Waals surface area contributed by atoms with E-state index in [-0.39, 0.29) is 0 Å². The first-order valence-electron chi connectivity index (χ1n) is 2.83. The molecule has 2 saturated heterocycles. The van der Waals surface area contributed by atoms with Crippen molar-refractivity contribution in [3.8, 4) is 0 Å². The summed E-state index contributed by atoms with van der Waals surface area (Å²) in [6.45, 7) is 2.24. The Morgan fingerprint density at radius 2 is 2.43 bits per heavy atom. The van der Waals surface area contributed by atoms with Crippen LogP contribution in [0, 0.1) is 0 Å². The highest BCUT2D eigenvalue weighted by atomic mass is 16.6.